The van der Waals surface area contributed by atoms with E-state index in [9.17, 15) is 0 Å². The van der Waals surface area contributed by atoms with Gasteiger partial charge in [-0.15, -0.1) is 0 Å². The Morgan fingerprint density at radius 3 is 1.38 bits per heavy atom. The summed E-state index contributed by atoms with van der Waals surface area (Å²) in [6, 6.07) is 94.8. The molecule has 320 valence electrons. The molecule has 0 saturated carbocycles. The number of para-hydroxylation sites is 2. The van der Waals surface area contributed by atoms with Crippen molar-refractivity contribution in [2.45, 2.75) is 5.41 Å². The second-order valence-corrected chi connectivity index (χ2v) is 18.7. The number of aromatic nitrogens is 1. The minimum absolute atomic E-state index is 0.436. The molecule has 11 aromatic carbocycles. The summed E-state index contributed by atoms with van der Waals surface area (Å²) in [5.41, 5.74) is 27.0. The highest BCUT2D eigenvalue weighted by molar-refractivity contribution is 6.17. The summed E-state index contributed by atoms with van der Waals surface area (Å²) in [4.78, 5) is 2.44. The molecular formula is C67H42N2. The third-order valence-corrected chi connectivity index (χ3v) is 15.4. The maximum absolute atomic E-state index is 2.49. The van der Waals surface area contributed by atoms with Gasteiger partial charge in [-0.3, -0.25) is 0 Å². The maximum atomic E-state index is 2.49. The van der Waals surface area contributed by atoms with E-state index in [0.29, 0.717) is 0 Å². The zero-order chi connectivity index (χ0) is 45.2. The van der Waals surface area contributed by atoms with Crippen LogP contribution in [0, 0.1) is 0 Å². The van der Waals surface area contributed by atoms with Gasteiger partial charge in [0, 0.05) is 39.0 Å². The average molecular weight is 875 g/mol. The Bertz CT molecular complexity index is 4000. The van der Waals surface area contributed by atoms with E-state index in [1.165, 1.54) is 117 Å². The second-order valence-electron chi connectivity index (χ2n) is 18.7. The molecule has 12 aromatic rings. The number of benzene rings is 11. The van der Waals surface area contributed by atoms with Gasteiger partial charge in [-0.05, 0) is 132 Å². The first-order chi connectivity index (χ1) is 34.2. The molecule has 0 fully saturated rings. The van der Waals surface area contributed by atoms with Gasteiger partial charge in [-0.25, -0.2) is 0 Å². The van der Waals surface area contributed by atoms with Gasteiger partial charge in [0.2, 0.25) is 0 Å². The molecule has 0 bridgehead atoms. The van der Waals surface area contributed by atoms with Crippen LogP contribution in [0.2, 0.25) is 0 Å². The van der Waals surface area contributed by atoms with Crippen molar-refractivity contribution in [1.82, 2.24) is 4.57 Å². The molecule has 1 aliphatic heterocycles. The Morgan fingerprint density at radius 1 is 0.275 bits per heavy atom. The zero-order valence-corrected chi connectivity index (χ0v) is 37.6. The molecule has 0 N–H and O–H groups in total. The van der Waals surface area contributed by atoms with Crippen molar-refractivity contribution in [3.63, 3.8) is 0 Å². The lowest BCUT2D eigenvalue weighted by Crippen LogP contribution is -2.26. The molecule has 15 rings (SSSR count). The predicted octanol–water partition coefficient (Wildman–Crippen LogP) is 17.6. The highest BCUT2D eigenvalue weighted by Gasteiger charge is 2.51. The minimum Gasteiger partial charge on any atom is -0.310 e. The Kier molecular flexibility index (Phi) is 8.02. The number of hydrogen-bond acceptors (Lipinski definition) is 1. The van der Waals surface area contributed by atoms with Gasteiger partial charge in [0.05, 0.1) is 22.1 Å². The zero-order valence-electron chi connectivity index (χ0n) is 37.6. The van der Waals surface area contributed by atoms with Gasteiger partial charge in [0.15, 0.2) is 0 Å². The van der Waals surface area contributed by atoms with E-state index in [-0.39, 0.29) is 0 Å². The first kappa shape index (κ1) is 38.2. The number of rotatable bonds is 5. The summed E-state index contributed by atoms with van der Waals surface area (Å²) in [7, 11) is 0. The lowest BCUT2D eigenvalue weighted by Gasteiger charge is -2.32. The predicted molar refractivity (Wildman–Crippen MR) is 287 cm³/mol. The van der Waals surface area contributed by atoms with Crippen molar-refractivity contribution >= 4 is 38.9 Å². The van der Waals surface area contributed by atoms with E-state index in [0.717, 1.165) is 17.1 Å². The maximum Gasteiger partial charge on any atom is 0.0726 e. The van der Waals surface area contributed by atoms with Crippen LogP contribution in [0.4, 0.5) is 17.1 Å². The molecule has 69 heavy (non-hydrogen) atoms. The molecular weight excluding hydrogens is 833 g/mol. The van der Waals surface area contributed by atoms with Crippen LogP contribution >= 0.6 is 0 Å². The van der Waals surface area contributed by atoms with Gasteiger partial charge >= 0.3 is 0 Å². The van der Waals surface area contributed by atoms with Crippen LogP contribution in [0.5, 0.6) is 0 Å². The van der Waals surface area contributed by atoms with E-state index in [1.807, 2.05) is 0 Å². The van der Waals surface area contributed by atoms with Gasteiger partial charge in [-0.1, -0.05) is 200 Å². The fourth-order valence-corrected chi connectivity index (χ4v) is 12.5. The van der Waals surface area contributed by atoms with E-state index < -0.39 is 5.41 Å². The standard InChI is InChI=1S/C67H42N2/c1-2-15-43(16-3-1)44-29-34-47(35-30-44)68(49-38-39-55-54-21-8-12-27-62(54)67(63(55)42-49)60-25-10-6-19-52(60)53-20-7-11-26-61(53)67)48-36-31-45(32-37-48)46-33-40-65-59(41-46)58-24-14-23-57-51-18-5-4-17-50(51)56-22-9-13-28-64(56)69(65)66(57)58/h1-42H. The molecule has 2 heterocycles. The van der Waals surface area contributed by atoms with Crippen molar-refractivity contribution in [2.75, 3.05) is 4.90 Å². The van der Waals surface area contributed by atoms with Crippen molar-refractivity contribution in [3.8, 4) is 72.4 Å². The van der Waals surface area contributed by atoms with Crippen LogP contribution in [0.25, 0.3) is 94.3 Å². The quantitative estimate of drug-likeness (QED) is 0.167. The number of fused-ring (bicyclic) bond motifs is 18. The second kappa shape index (κ2) is 14.5. The fourth-order valence-electron chi connectivity index (χ4n) is 12.5. The molecule has 0 radical (unpaired) electrons. The molecule has 3 aliphatic rings. The summed E-state index contributed by atoms with van der Waals surface area (Å²) in [6.07, 6.45) is 0. The molecule has 0 amide bonds. The van der Waals surface area contributed by atoms with Crippen LogP contribution in [0.3, 0.4) is 0 Å². The van der Waals surface area contributed by atoms with Crippen LogP contribution in [-0.4, -0.2) is 4.57 Å². The van der Waals surface area contributed by atoms with Crippen LogP contribution in [0.15, 0.2) is 255 Å². The fraction of sp³-hybridized carbons (Fsp3) is 0.0149. The van der Waals surface area contributed by atoms with Gasteiger partial charge in [-0.2, -0.15) is 0 Å². The number of anilines is 3. The summed E-state index contributed by atoms with van der Waals surface area (Å²) >= 11 is 0. The van der Waals surface area contributed by atoms with E-state index in [2.05, 4.69) is 264 Å². The highest BCUT2D eigenvalue weighted by atomic mass is 15.1. The molecule has 1 aromatic heterocycles. The van der Waals surface area contributed by atoms with Crippen molar-refractivity contribution in [1.29, 1.82) is 0 Å². The molecule has 0 unspecified atom stereocenters. The first-order valence-electron chi connectivity index (χ1n) is 24.0. The van der Waals surface area contributed by atoms with E-state index in [4.69, 9.17) is 0 Å². The van der Waals surface area contributed by atoms with Gasteiger partial charge < -0.3 is 9.47 Å². The van der Waals surface area contributed by atoms with E-state index >= 15 is 0 Å². The average Bonchev–Trinajstić information content (AvgIpc) is 4.00. The first-order valence-corrected chi connectivity index (χ1v) is 24.0. The molecule has 0 saturated heterocycles. The van der Waals surface area contributed by atoms with Crippen molar-refractivity contribution < 1.29 is 0 Å². The largest absolute Gasteiger partial charge is 0.310 e. The monoisotopic (exact) mass is 874 g/mol. The Balaban J connectivity index is 0.889. The minimum atomic E-state index is -0.436. The molecule has 2 aliphatic carbocycles. The van der Waals surface area contributed by atoms with E-state index in [1.54, 1.807) is 0 Å². The van der Waals surface area contributed by atoms with Gasteiger partial charge in [0.25, 0.3) is 0 Å². The highest BCUT2D eigenvalue weighted by Crippen LogP contribution is 2.63. The SMILES string of the molecule is c1ccc(-c2ccc(N(c3ccc(-c4ccc5c(c4)c4cccc6c4n5-c4ccccc4-c4ccccc4-6)cc3)c3ccc4c(c3)C3(c5ccccc5-c5ccccc53)c3ccccc3-4)cc2)cc1. The van der Waals surface area contributed by atoms with Crippen molar-refractivity contribution in [2.24, 2.45) is 0 Å². The van der Waals surface area contributed by atoms with Crippen LogP contribution in [-0.2, 0) is 5.41 Å². The van der Waals surface area contributed by atoms with Crippen LogP contribution < -0.4 is 4.90 Å². The van der Waals surface area contributed by atoms with Gasteiger partial charge in [0.1, 0.15) is 0 Å². The summed E-state index contributed by atoms with van der Waals surface area (Å²) in [5, 5.41) is 2.52. The van der Waals surface area contributed by atoms with Crippen molar-refractivity contribution in [3.05, 3.63) is 277 Å². The third-order valence-electron chi connectivity index (χ3n) is 15.4. The number of nitrogens with zero attached hydrogens (tertiary/aromatic N) is 2. The normalized spacial score (nSPS) is 13.0. The Labute approximate surface area is 401 Å². The Morgan fingerprint density at radius 2 is 0.739 bits per heavy atom. The molecule has 2 nitrogen and oxygen atoms in total. The smallest absolute Gasteiger partial charge is 0.0726 e. The third kappa shape index (κ3) is 5.31. The molecule has 2 heteroatoms. The summed E-state index contributed by atoms with van der Waals surface area (Å²) in [6.45, 7) is 0. The molecule has 1 spiro atoms. The lowest BCUT2D eigenvalue weighted by molar-refractivity contribution is 0.793. The topological polar surface area (TPSA) is 8.17 Å². The molecule has 0 atom stereocenters. The lowest BCUT2D eigenvalue weighted by atomic mass is 9.70. The summed E-state index contributed by atoms with van der Waals surface area (Å²) in [5.74, 6) is 0. The summed E-state index contributed by atoms with van der Waals surface area (Å²) < 4.78 is 2.49. The number of hydrogen-bond donors (Lipinski definition) is 0. The van der Waals surface area contributed by atoms with Crippen LogP contribution in [0.1, 0.15) is 22.3 Å². The Hall–Kier alpha value is -8.98.